The molecule has 1 heterocycles. The van der Waals surface area contributed by atoms with E-state index in [0.29, 0.717) is 17.8 Å². The van der Waals surface area contributed by atoms with E-state index in [2.05, 4.69) is 26.2 Å². The Kier molecular flexibility index (Phi) is 3.90. The van der Waals surface area contributed by atoms with E-state index in [1.54, 1.807) is 18.3 Å². The molecule has 0 saturated carbocycles. The number of anilines is 1. The zero-order valence-electron chi connectivity index (χ0n) is 9.32. The van der Waals surface area contributed by atoms with Crippen molar-refractivity contribution in [1.29, 1.82) is 5.26 Å². The molecule has 0 radical (unpaired) electrons. The highest BCUT2D eigenvalue weighted by Crippen LogP contribution is 2.16. The van der Waals surface area contributed by atoms with Crippen molar-refractivity contribution in [2.45, 2.75) is 6.54 Å². The van der Waals surface area contributed by atoms with E-state index in [0.717, 1.165) is 10.2 Å². The van der Waals surface area contributed by atoms with E-state index >= 15 is 0 Å². The largest absolute Gasteiger partial charge is 0.377 e. The number of benzene rings is 1. The highest BCUT2D eigenvalue weighted by atomic mass is 79.9. The van der Waals surface area contributed by atoms with Gasteiger partial charge >= 0.3 is 0 Å². The average Bonchev–Trinajstić information content (AvgIpc) is 2.39. The lowest BCUT2D eigenvalue weighted by Crippen LogP contribution is -2.03. The predicted molar refractivity (Wildman–Crippen MR) is 70.4 cm³/mol. The number of nitrogens with zero attached hydrogens (tertiary/aromatic N) is 2. The van der Waals surface area contributed by atoms with Crippen LogP contribution in [0, 0.1) is 17.1 Å². The molecule has 0 unspecified atom stereocenters. The van der Waals surface area contributed by atoms with Crippen LogP contribution in [0.15, 0.2) is 41.0 Å². The molecule has 0 atom stereocenters. The zero-order valence-corrected chi connectivity index (χ0v) is 10.9. The van der Waals surface area contributed by atoms with Crippen molar-refractivity contribution in [3.05, 3.63) is 58.1 Å². The number of hydrogen-bond donors (Lipinski definition) is 1. The number of aromatic nitrogens is 1. The summed E-state index contributed by atoms with van der Waals surface area (Å²) in [4.78, 5) is 4.17. The molecule has 0 bridgehead atoms. The SMILES string of the molecule is N#Cc1ccc(NCc2ccc(Br)cn2)c(F)c1. The lowest BCUT2D eigenvalue weighted by atomic mass is 10.2. The van der Waals surface area contributed by atoms with Crippen LogP contribution in [0.25, 0.3) is 0 Å². The smallest absolute Gasteiger partial charge is 0.147 e. The average molecular weight is 306 g/mol. The molecule has 0 spiro atoms. The molecule has 0 saturated heterocycles. The van der Waals surface area contributed by atoms with Gasteiger partial charge in [-0.2, -0.15) is 5.26 Å². The number of rotatable bonds is 3. The van der Waals surface area contributed by atoms with Crippen molar-refractivity contribution >= 4 is 21.6 Å². The summed E-state index contributed by atoms with van der Waals surface area (Å²) in [5.74, 6) is -0.439. The molecule has 0 aliphatic carbocycles. The molecule has 0 fully saturated rings. The van der Waals surface area contributed by atoms with Crippen molar-refractivity contribution in [2.75, 3.05) is 5.32 Å². The Morgan fingerprint density at radius 3 is 2.78 bits per heavy atom. The Bertz CT molecular complexity index is 590. The zero-order chi connectivity index (χ0) is 13.0. The molecule has 0 amide bonds. The number of pyridine rings is 1. The molecule has 0 aliphatic heterocycles. The summed E-state index contributed by atoms with van der Waals surface area (Å²) in [6.45, 7) is 0.427. The van der Waals surface area contributed by atoms with Gasteiger partial charge in [0.15, 0.2) is 0 Å². The van der Waals surface area contributed by atoms with E-state index in [1.807, 2.05) is 18.2 Å². The Morgan fingerprint density at radius 2 is 2.17 bits per heavy atom. The van der Waals surface area contributed by atoms with Crippen LogP contribution in [0.1, 0.15) is 11.3 Å². The Hall–Kier alpha value is -1.93. The molecule has 5 heteroatoms. The van der Waals surface area contributed by atoms with Crippen LogP contribution < -0.4 is 5.32 Å². The molecule has 1 aromatic carbocycles. The minimum absolute atomic E-state index is 0.305. The van der Waals surface area contributed by atoms with Crippen LogP contribution >= 0.6 is 15.9 Å². The minimum Gasteiger partial charge on any atom is -0.377 e. The van der Waals surface area contributed by atoms with Crippen molar-refractivity contribution in [1.82, 2.24) is 4.98 Å². The molecule has 90 valence electrons. The van der Waals surface area contributed by atoms with E-state index in [9.17, 15) is 4.39 Å². The van der Waals surface area contributed by atoms with Gasteiger partial charge in [0.1, 0.15) is 5.82 Å². The Balaban J connectivity index is 2.06. The second-order valence-electron chi connectivity index (χ2n) is 3.63. The fourth-order valence-corrected chi connectivity index (χ4v) is 1.66. The quantitative estimate of drug-likeness (QED) is 0.944. The van der Waals surface area contributed by atoms with Crippen LogP contribution in [0.5, 0.6) is 0 Å². The van der Waals surface area contributed by atoms with Gasteiger partial charge in [-0.1, -0.05) is 0 Å². The molecule has 2 aromatic rings. The Labute approximate surface area is 112 Å². The second-order valence-corrected chi connectivity index (χ2v) is 4.54. The third kappa shape index (κ3) is 3.05. The number of nitriles is 1. The summed E-state index contributed by atoms with van der Waals surface area (Å²) in [6, 6.07) is 9.93. The first-order valence-corrected chi connectivity index (χ1v) is 6.02. The van der Waals surface area contributed by atoms with Gasteiger partial charge in [-0.3, -0.25) is 4.98 Å². The van der Waals surface area contributed by atoms with Crippen LogP contribution in [-0.2, 0) is 6.54 Å². The maximum Gasteiger partial charge on any atom is 0.147 e. The van der Waals surface area contributed by atoms with Crippen LogP contribution in [0.4, 0.5) is 10.1 Å². The second kappa shape index (κ2) is 5.61. The highest BCUT2D eigenvalue weighted by molar-refractivity contribution is 9.10. The lowest BCUT2D eigenvalue weighted by molar-refractivity contribution is 0.629. The fraction of sp³-hybridized carbons (Fsp3) is 0.0769. The van der Waals surface area contributed by atoms with Gasteiger partial charge in [-0.05, 0) is 46.3 Å². The summed E-state index contributed by atoms with van der Waals surface area (Å²) >= 11 is 3.30. The van der Waals surface area contributed by atoms with E-state index in [1.165, 1.54) is 6.07 Å². The monoisotopic (exact) mass is 305 g/mol. The summed E-state index contributed by atoms with van der Waals surface area (Å²) in [5.41, 5.74) is 1.47. The van der Waals surface area contributed by atoms with Crippen LogP contribution in [0.3, 0.4) is 0 Å². The van der Waals surface area contributed by atoms with Gasteiger partial charge in [0.25, 0.3) is 0 Å². The van der Waals surface area contributed by atoms with Gasteiger partial charge < -0.3 is 5.32 Å². The van der Waals surface area contributed by atoms with Crippen molar-refractivity contribution in [2.24, 2.45) is 0 Å². The standard InChI is InChI=1S/C13H9BrFN3/c14-10-2-3-11(17-7-10)8-18-13-4-1-9(6-16)5-12(13)15/h1-5,7,18H,8H2. The van der Waals surface area contributed by atoms with Gasteiger partial charge in [0.05, 0.1) is 29.6 Å². The first-order valence-electron chi connectivity index (χ1n) is 5.23. The molecule has 2 rings (SSSR count). The van der Waals surface area contributed by atoms with Gasteiger partial charge in [-0.25, -0.2) is 4.39 Å². The van der Waals surface area contributed by atoms with Crippen molar-refractivity contribution in [3.8, 4) is 6.07 Å². The summed E-state index contributed by atoms with van der Waals surface area (Å²) in [6.07, 6.45) is 1.69. The maximum absolute atomic E-state index is 13.6. The maximum atomic E-state index is 13.6. The Morgan fingerprint density at radius 1 is 1.33 bits per heavy atom. The summed E-state index contributed by atoms with van der Waals surface area (Å²) in [7, 11) is 0. The molecule has 1 N–H and O–H groups in total. The van der Waals surface area contributed by atoms with E-state index < -0.39 is 5.82 Å². The summed E-state index contributed by atoms with van der Waals surface area (Å²) in [5, 5.41) is 11.6. The van der Waals surface area contributed by atoms with E-state index in [4.69, 9.17) is 5.26 Å². The molecular formula is C13H9BrFN3. The molecule has 0 aliphatic rings. The minimum atomic E-state index is -0.439. The van der Waals surface area contributed by atoms with Crippen molar-refractivity contribution < 1.29 is 4.39 Å². The highest BCUT2D eigenvalue weighted by Gasteiger charge is 2.03. The van der Waals surface area contributed by atoms with Gasteiger partial charge in [0.2, 0.25) is 0 Å². The third-order valence-electron chi connectivity index (χ3n) is 2.35. The predicted octanol–water partition coefficient (Wildman–Crippen LogP) is 3.47. The molecular weight excluding hydrogens is 297 g/mol. The summed E-state index contributed by atoms with van der Waals surface area (Å²) < 4.78 is 14.5. The topological polar surface area (TPSA) is 48.7 Å². The molecule has 1 aromatic heterocycles. The number of nitrogens with one attached hydrogen (secondary N) is 1. The number of halogens is 2. The fourth-order valence-electron chi connectivity index (χ4n) is 1.42. The van der Waals surface area contributed by atoms with Crippen molar-refractivity contribution in [3.63, 3.8) is 0 Å². The first-order chi connectivity index (χ1) is 8.69. The van der Waals surface area contributed by atoms with Gasteiger partial charge in [-0.15, -0.1) is 0 Å². The van der Waals surface area contributed by atoms with E-state index in [-0.39, 0.29) is 0 Å². The molecule has 18 heavy (non-hydrogen) atoms. The normalized spacial score (nSPS) is 9.83. The lowest BCUT2D eigenvalue weighted by Gasteiger charge is -2.07. The number of hydrogen-bond acceptors (Lipinski definition) is 3. The molecule has 3 nitrogen and oxygen atoms in total. The van der Waals surface area contributed by atoms with Crippen LogP contribution in [0.2, 0.25) is 0 Å². The first kappa shape index (κ1) is 12.5. The third-order valence-corrected chi connectivity index (χ3v) is 2.82. The van der Waals surface area contributed by atoms with Gasteiger partial charge in [0, 0.05) is 10.7 Å². The van der Waals surface area contributed by atoms with Crippen LogP contribution in [-0.4, -0.2) is 4.98 Å².